The molecule has 0 saturated heterocycles. The fourth-order valence-corrected chi connectivity index (χ4v) is 1.32. The summed E-state index contributed by atoms with van der Waals surface area (Å²) in [5.41, 5.74) is 7.38. The summed E-state index contributed by atoms with van der Waals surface area (Å²) in [5, 5.41) is 9.07. The van der Waals surface area contributed by atoms with Gasteiger partial charge in [-0.15, -0.1) is 0 Å². The molecule has 0 saturated carbocycles. The van der Waals surface area contributed by atoms with Crippen LogP contribution in [0.5, 0.6) is 0 Å². The molecule has 2 nitrogen and oxygen atoms in total. The van der Waals surface area contributed by atoms with Crippen LogP contribution in [0.2, 0.25) is 0 Å². The molecule has 1 rings (SSSR count). The van der Waals surface area contributed by atoms with Gasteiger partial charge in [-0.2, -0.15) is 0 Å². The van der Waals surface area contributed by atoms with E-state index in [4.69, 9.17) is 10.8 Å². The molecule has 0 aliphatic carbocycles. The van der Waals surface area contributed by atoms with E-state index in [0.29, 0.717) is 5.92 Å². The molecule has 1 atom stereocenters. The standard InChI is InChI=1S/C11H17NO/c1-8(2)7-9-3-5-10(6-4-9)11(12)13/h3-6,8,11,13H,7,12H2,1-2H3. The van der Waals surface area contributed by atoms with Crippen molar-refractivity contribution in [3.8, 4) is 0 Å². The van der Waals surface area contributed by atoms with Crippen molar-refractivity contribution in [2.24, 2.45) is 11.7 Å². The molecule has 0 bridgehead atoms. The lowest BCUT2D eigenvalue weighted by Gasteiger charge is -2.07. The van der Waals surface area contributed by atoms with Crippen molar-refractivity contribution in [1.82, 2.24) is 0 Å². The highest BCUT2D eigenvalue weighted by Gasteiger charge is 2.01. The van der Waals surface area contributed by atoms with E-state index in [9.17, 15) is 0 Å². The Hall–Kier alpha value is -0.860. The van der Waals surface area contributed by atoms with Gasteiger partial charge in [0.05, 0.1) is 0 Å². The van der Waals surface area contributed by atoms with Gasteiger partial charge in [-0.05, 0) is 23.5 Å². The number of benzene rings is 1. The molecule has 0 amide bonds. The fraction of sp³-hybridized carbons (Fsp3) is 0.455. The average Bonchev–Trinajstić information content (AvgIpc) is 2.04. The number of hydrogen-bond donors (Lipinski definition) is 2. The Kier molecular flexibility index (Phi) is 3.46. The van der Waals surface area contributed by atoms with E-state index < -0.39 is 6.23 Å². The van der Waals surface area contributed by atoms with Gasteiger partial charge in [0, 0.05) is 0 Å². The minimum Gasteiger partial charge on any atom is -0.375 e. The van der Waals surface area contributed by atoms with Crippen molar-refractivity contribution in [2.45, 2.75) is 26.5 Å². The van der Waals surface area contributed by atoms with Crippen molar-refractivity contribution in [3.63, 3.8) is 0 Å². The Bertz CT molecular complexity index is 251. The lowest BCUT2D eigenvalue weighted by atomic mass is 10.0. The van der Waals surface area contributed by atoms with E-state index in [-0.39, 0.29) is 0 Å². The predicted octanol–water partition coefficient (Wildman–Crippen LogP) is 1.83. The highest BCUT2D eigenvalue weighted by Crippen LogP contribution is 2.12. The molecule has 1 aromatic rings. The first-order chi connectivity index (χ1) is 6.09. The Morgan fingerprint density at radius 1 is 1.23 bits per heavy atom. The molecule has 0 aliphatic heterocycles. The van der Waals surface area contributed by atoms with E-state index in [1.807, 2.05) is 24.3 Å². The van der Waals surface area contributed by atoms with Gasteiger partial charge in [0.2, 0.25) is 0 Å². The zero-order chi connectivity index (χ0) is 9.84. The summed E-state index contributed by atoms with van der Waals surface area (Å²) >= 11 is 0. The molecule has 1 unspecified atom stereocenters. The first kappa shape index (κ1) is 10.2. The molecular weight excluding hydrogens is 162 g/mol. The number of aliphatic hydroxyl groups excluding tert-OH is 1. The van der Waals surface area contributed by atoms with E-state index in [1.165, 1.54) is 5.56 Å². The molecule has 0 heterocycles. The Balaban J connectivity index is 2.70. The molecule has 0 radical (unpaired) electrons. The van der Waals surface area contributed by atoms with Gasteiger partial charge < -0.3 is 10.8 Å². The van der Waals surface area contributed by atoms with E-state index in [0.717, 1.165) is 12.0 Å². The van der Waals surface area contributed by atoms with Crippen molar-refractivity contribution >= 4 is 0 Å². The minimum atomic E-state index is -0.854. The van der Waals surface area contributed by atoms with Crippen LogP contribution in [0.1, 0.15) is 31.2 Å². The number of hydrogen-bond acceptors (Lipinski definition) is 2. The second kappa shape index (κ2) is 4.40. The quantitative estimate of drug-likeness (QED) is 0.695. The SMILES string of the molecule is CC(C)Cc1ccc(C(N)O)cc1. The molecule has 1 aromatic carbocycles. The van der Waals surface area contributed by atoms with Crippen LogP contribution >= 0.6 is 0 Å². The third-order valence-corrected chi connectivity index (χ3v) is 1.97. The monoisotopic (exact) mass is 179 g/mol. The van der Waals surface area contributed by atoms with Gasteiger partial charge in [0.1, 0.15) is 6.23 Å². The summed E-state index contributed by atoms with van der Waals surface area (Å²) in [7, 11) is 0. The second-order valence-electron chi connectivity index (χ2n) is 3.78. The van der Waals surface area contributed by atoms with Gasteiger partial charge in [-0.25, -0.2) is 0 Å². The smallest absolute Gasteiger partial charge is 0.128 e. The summed E-state index contributed by atoms with van der Waals surface area (Å²) in [4.78, 5) is 0. The summed E-state index contributed by atoms with van der Waals surface area (Å²) < 4.78 is 0. The van der Waals surface area contributed by atoms with Crippen LogP contribution in [0.15, 0.2) is 24.3 Å². The molecule has 0 spiro atoms. The van der Waals surface area contributed by atoms with Crippen LogP contribution in [0.4, 0.5) is 0 Å². The third-order valence-electron chi connectivity index (χ3n) is 1.97. The molecule has 3 N–H and O–H groups in total. The average molecular weight is 179 g/mol. The van der Waals surface area contributed by atoms with Crippen LogP contribution in [0, 0.1) is 5.92 Å². The number of aliphatic hydroxyl groups is 1. The van der Waals surface area contributed by atoms with Gasteiger partial charge in [0.25, 0.3) is 0 Å². The molecule has 13 heavy (non-hydrogen) atoms. The Morgan fingerprint density at radius 2 is 1.77 bits per heavy atom. The third kappa shape index (κ3) is 3.17. The topological polar surface area (TPSA) is 46.2 Å². The van der Waals surface area contributed by atoms with Crippen molar-refractivity contribution in [2.75, 3.05) is 0 Å². The first-order valence-electron chi connectivity index (χ1n) is 4.62. The highest BCUT2D eigenvalue weighted by atomic mass is 16.3. The van der Waals surface area contributed by atoms with Crippen LogP contribution in [0.3, 0.4) is 0 Å². The van der Waals surface area contributed by atoms with Gasteiger partial charge in [-0.3, -0.25) is 0 Å². The van der Waals surface area contributed by atoms with Crippen LogP contribution < -0.4 is 5.73 Å². The van der Waals surface area contributed by atoms with E-state index in [1.54, 1.807) is 0 Å². The predicted molar refractivity (Wildman–Crippen MR) is 54.1 cm³/mol. The summed E-state index contributed by atoms with van der Waals surface area (Å²) in [5.74, 6) is 0.661. The number of rotatable bonds is 3. The van der Waals surface area contributed by atoms with Gasteiger partial charge in [-0.1, -0.05) is 38.1 Å². The van der Waals surface area contributed by atoms with Gasteiger partial charge in [0.15, 0.2) is 0 Å². The lowest BCUT2D eigenvalue weighted by molar-refractivity contribution is 0.186. The number of nitrogens with two attached hydrogens (primary N) is 1. The van der Waals surface area contributed by atoms with Crippen molar-refractivity contribution < 1.29 is 5.11 Å². The fourth-order valence-electron chi connectivity index (χ4n) is 1.32. The molecule has 72 valence electrons. The maximum absolute atomic E-state index is 9.07. The highest BCUT2D eigenvalue weighted by molar-refractivity contribution is 5.23. The Labute approximate surface area is 79.4 Å². The molecule has 0 aromatic heterocycles. The summed E-state index contributed by atoms with van der Waals surface area (Å²) in [6.07, 6.45) is 0.217. The maximum atomic E-state index is 9.07. The molecule has 0 fully saturated rings. The van der Waals surface area contributed by atoms with Gasteiger partial charge >= 0.3 is 0 Å². The van der Waals surface area contributed by atoms with Crippen LogP contribution in [-0.2, 0) is 6.42 Å². The van der Waals surface area contributed by atoms with Crippen molar-refractivity contribution in [3.05, 3.63) is 35.4 Å². The zero-order valence-electron chi connectivity index (χ0n) is 8.20. The molecular formula is C11H17NO. The van der Waals surface area contributed by atoms with E-state index >= 15 is 0 Å². The lowest BCUT2D eigenvalue weighted by Crippen LogP contribution is -2.08. The normalized spacial score (nSPS) is 13.3. The second-order valence-corrected chi connectivity index (χ2v) is 3.78. The molecule has 2 heteroatoms. The zero-order valence-corrected chi connectivity index (χ0v) is 8.20. The summed E-state index contributed by atoms with van der Waals surface area (Å²) in [6, 6.07) is 7.79. The van der Waals surface area contributed by atoms with E-state index in [2.05, 4.69) is 13.8 Å². The van der Waals surface area contributed by atoms with Crippen molar-refractivity contribution in [1.29, 1.82) is 0 Å². The largest absolute Gasteiger partial charge is 0.375 e. The summed E-state index contributed by atoms with van der Waals surface area (Å²) in [6.45, 7) is 4.37. The van der Waals surface area contributed by atoms with Crippen LogP contribution in [0.25, 0.3) is 0 Å². The molecule has 0 aliphatic rings. The maximum Gasteiger partial charge on any atom is 0.128 e. The first-order valence-corrected chi connectivity index (χ1v) is 4.62. The Morgan fingerprint density at radius 3 is 2.15 bits per heavy atom. The van der Waals surface area contributed by atoms with Crippen LogP contribution in [-0.4, -0.2) is 5.11 Å². The minimum absolute atomic E-state index is 0.661.